The molecule has 248 valence electrons. The monoisotopic (exact) mass is 744 g/mol. The zero-order valence-electron chi connectivity index (χ0n) is 21.7. The number of rotatable bonds is 10. The number of carbonyl (C=O) groups is 4. The molecule has 2 rings (SSSR count). The molecule has 0 heterocycles. The second kappa shape index (κ2) is 20.4. The lowest BCUT2D eigenvalue weighted by molar-refractivity contribution is -0.305. The van der Waals surface area contributed by atoms with Crippen LogP contribution < -0.4 is 20.4 Å². The van der Waals surface area contributed by atoms with Crippen LogP contribution in [0.25, 0.3) is 0 Å². The Kier molecular flexibility index (Phi) is 20.2. The summed E-state index contributed by atoms with van der Waals surface area (Å²) in [4.78, 5) is 73.3. The molecule has 0 amide bonds. The van der Waals surface area contributed by atoms with Crippen molar-refractivity contribution in [3.63, 3.8) is 0 Å². The summed E-state index contributed by atoms with van der Waals surface area (Å²) < 4.78 is 20.2. The molecular weight excluding hydrogens is 724 g/mol. The fraction of sp³-hybridized carbons (Fsp3) is 0.273. The molecule has 22 heteroatoms. The largest absolute Gasteiger partial charge is 0.871 e. The Bertz CT molecular complexity index is 1300. The van der Waals surface area contributed by atoms with Gasteiger partial charge < -0.3 is 59.8 Å². The van der Waals surface area contributed by atoms with E-state index in [2.05, 4.69) is 0 Å². The molecule has 0 aliphatic carbocycles. The van der Waals surface area contributed by atoms with E-state index < -0.39 is 61.7 Å². The SMILES string of the molecule is O=C(O)CCCP(=O)(O)O.O=C(O)c1c(Cl)ccc(Cl)c1[O-].O=C([O-])CCCP(=O)(O)O.O=C([O-])c1c(Cl)ccc(Cl)c1[O-]. The molecule has 0 fully saturated rings. The highest BCUT2D eigenvalue weighted by Gasteiger charge is 2.13. The molecule has 44 heavy (non-hydrogen) atoms. The van der Waals surface area contributed by atoms with Crippen molar-refractivity contribution < 1.29 is 78.5 Å². The van der Waals surface area contributed by atoms with Crippen molar-refractivity contribution >= 4 is 85.5 Å². The molecule has 0 saturated heterocycles. The first-order valence-electron chi connectivity index (χ1n) is 11.2. The summed E-state index contributed by atoms with van der Waals surface area (Å²) in [6, 6.07) is 5.00. The maximum Gasteiger partial charge on any atom is 0.336 e. The van der Waals surface area contributed by atoms with Crippen molar-refractivity contribution in [2.45, 2.75) is 25.7 Å². The molecule has 0 aromatic heterocycles. The Hall–Kier alpha value is -2.62. The fourth-order valence-electron chi connectivity index (χ4n) is 2.32. The topological polar surface area (TPSA) is 316 Å². The first-order chi connectivity index (χ1) is 19.9. The summed E-state index contributed by atoms with van der Waals surface area (Å²) in [7, 11) is -8.00. The summed E-state index contributed by atoms with van der Waals surface area (Å²) in [6.45, 7) is 0. The molecule has 0 atom stereocenters. The van der Waals surface area contributed by atoms with Crippen molar-refractivity contribution in [2.75, 3.05) is 12.3 Å². The Morgan fingerprint density at radius 2 is 0.977 bits per heavy atom. The predicted molar refractivity (Wildman–Crippen MR) is 148 cm³/mol. The van der Waals surface area contributed by atoms with Gasteiger partial charge in [0.15, 0.2) is 0 Å². The summed E-state index contributed by atoms with van der Waals surface area (Å²) >= 11 is 21.6. The van der Waals surface area contributed by atoms with Crippen LogP contribution in [0.15, 0.2) is 24.3 Å². The number of aromatic carboxylic acids is 2. The lowest BCUT2D eigenvalue weighted by Gasteiger charge is -2.17. The van der Waals surface area contributed by atoms with E-state index in [1.54, 1.807) is 0 Å². The van der Waals surface area contributed by atoms with Crippen LogP contribution in [-0.2, 0) is 18.7 Å². The number of halogens is 4. The van der Waals surface area contributed by atoms with Crippen LogP contribution in [0.2, 0.25) is 20.1 Å². The normalized spacial score (nSPS) is 10.5. The molecule has 6 N–H and O–H groups in total. The number of hydrogen-bond acceptors (Lipinski definition) is 10. The van der Waals surface area contributed by atoms with E-state index in [0.717, 1.165) is 0 Å². The number of hydrogen-bond donors (Lipinski definition) is 6. The van der Waals surface area contributed by atoms with Gasteiger partial charge in [-0.05, 0) is 43.5 Å². The summed E-state index contributed by atoms with van der Waals surface area (Å²) in [5.74, 6) is -6.87. The van der Waals surface area contributed by atoms with Crippen LogP contribution in [0.3, 0.4) is 0 Å². The van der Waals surface area contributed by atoms with Crippen molar-refractivity contribution in [1.29, 1.82) is 0 Å². The molecule has 0 spiro atoms. The molecule has 0 aliphatic rings. The molecule has 0 bridgehead atoms. The third-order valence-corrected chi connectivity index (χ3v) is 7.23. The summed E-state index contributed by atoms with van der Waals surface area (Å²) in [5, 5.41) is 58.1. The molecule has 0 aliphatic heterocycles. The molecule has 0 saturated carbocycles. The van der Waals surface area contributed by atoms with Crippen molar-refractivity contribution in [3.05, 3.63) is 55.5 Å². The van der Waals surface area contributed by atoms with Crippen molar-refractivity contribution in [2.24, 2.45) is 0 Å². The Morgan fingerprint density at radius 1 is 0.636 bits per heavy atom. The van der Waals surface area contributed by atoms with Gasteiger partial charge in [0, 0.05) is 33.0 Å². The van der Waals surface area contributed by atoms with Gasteiger partial charge in [0.05, 0.1) is 28.9 Å². The Morgan fingerprint density at radius 3 is 1.25 bits per heavy atom. The highest BCUT2D eigenvalue weighted by Crippen LogP contribution is 2.36. The molecule has 0 unspecified atom stereocenters. The zero-order chi connectivity index (χ0) is 35.0. The number of carboxylic acids is 4. The third-order valence-electron chi connectivity index (χ3n) is 4.21. The highest BCUT2D eigenvalue weighted by molar-refractivity contribution is 7.52. The van der Waals surface area contributed by atoms with Crippen LogP contribution in [0, 0.1) is 0 Å². The molecular formula is C22H22Cl4O16P2-4. The van der Waals surface area contributed by atoms with Gasteiger partial charge in [-0.15, -0.1) is 0 Å². The second-order valence-corrected chi connectivity index (χ2v) is 13.0. The minimum absolute atomic E-state index is 0.0274. The van der Waals surface area contributed by atoms with E-state index in [1.807, 2.05) is 0 Å². The lowest BCUT2D eigenvalue weighted by atomic mass is 10.2. The summed E-state index contributed by atoms with van der Waals surface area (Å²) in [5.41, 5.74) is -1.08. The minimum Gasteiger partial charge on any atom is -0.871 e. The zero-order valence-corrected chi connectivity index (χ0v) is 26.5. The number of benzene rings is 2. The van der Waals surface area contributed by atoms with Crippen LogP contribution in [-0.4, -0.2) is 66.0 Å². The average Bonchev–Trinajstić information content (AvgIpc) is 2.83. The van der Waals surface area contributed by atoms with Crippen molar-refractivity contribution in [1.82, 2.24) is 0 Å². The summed E-state index contributed by atoms with van der Waals surface area (Å²) in [6.07, 6.45) is -1.23. The van der Waals surface area contributed by atoms with Crippen LogP contribution in [0.5, 0.6) is 11.5 Å². The van der Waals surface area contributed by atoms with Gasteiger partial charge in [0.25, 0.3) is 0 Å². The maximum absolute atomic E-state index is 11.0. The van der Waals surface area contributed by atoms with Crippen LogP contribution in [0.1, 0.15) is 46.4 Å². The molecule has 0 radical (unpaired) electrons. The van der Waals surface area contributed by atoms with Gasteiger partial charge in [-0.25, -0.2) is 4.79 Å². The smallest absolute Gasteiger partial charge is 0.336 e. The van der Waals surface area contributed by atoms with Gasteiger partial charge in [-0.3, -0.25) is 13.9 Å². The van der Waals surface area contributed by atoms with Gasteiger partial charge in [0.1, 0.15) is 0 Å². The van der Waals surface area contributed by atoms with E-state index in [0.29, 0.717) is 0 Å². The van der Waals surface area contributed by atoms with E-state index in [-0.39, 0.29) is 58.1 Å². The molecule has 2 aromatic rings. The highest BCUT2D eigenvalue weighted by atomic mass is 35.5. The lowest BCUT2D eigenvalue weighted by Crippen LogP contribution is -2.24. The Balaban J connectivity index is 0. The Labute approximate surface area is 268 Å². The third kappa shape index (κ3) is 20.4. The first-order valence-corrected chi connectivity index (χ1v) is 16.3. The van der Waals surface area contributed by atoms with Gasteiger partial charge in [-0.1, -0.05) is 57.9 Å². The first kappa shape index (κ1) is 43.5. The van der Waals surface area contributed by atoms with E-state index in [1.165, 1.54) is 24.3 Å². The van der Waals surface area contributed by atoms with Gasteiger partial charge in [-0.2, -0.15) is 0 Å². The minimum atomic E-state index is -4.01. The fourth-order valence-corrected chi connectivity index (χ4v) is 4.23. The number of carbonyl (C=O) groups excluding carboxylic acids is 2. The van der Waals surface area contributed by atoms with Gasteiger partial charge >= 0.3 is 27.1 Å². The number of carboxylic acid groups (broad SMARTS) is 4. The average molecular weight is 746 g/mol. The van der Waals surface area contributed by atoms with E-state index in [4.69, 9.17) is 76.2 Å². The predicted octanol–water partition coefficient (Wildman–Crippen LogP) is 0.919. The number of aliphatic carboxylic acids is 2. The second-order valence-electron chi connectivity index (χ2n) is 7.81. The van der Waals surface area contributed by atoms with Gasteiger partial charge in [0.2, 0.25) is 0 Å². The molecule has 16 nitrogen and oxygen atoms in total. The maximum atomic E-state index is 11.0. The van der Waals surface area contributed by atoms with Crippen LogP contribution in [0.4, 0.5) is 0 Å². The van der Waals surface area contributed by atoms with E-state index >= 15 is 0 Å². The van der Waals surface area contributed by atoms with Crippen LogP contribution >= 0.6 is 61.6 Å². The van der Waals surface area contributed by atoms with E-state index in [9.17, 15) is 48.7 Å². The van der Waals surface area contributed by atoms with Crippen molar-refractivity contribution in [3.8, 4) is 11.5 Å². The molecule has 2 aromatic carbocycles. The standard InChI is InChI=1S/2C7H4Cl2O3.2C4H9O5P/c2*8-3-1-2-4(9)6(10)5(3)7(11)12;2*5-4(6)2-1-3-10(7,8)9/h2*1-2,10H,(H,11,12);2*1-3H2,(H,5,6)(H2,7,8,9)/p-4. The quantitative estimate of drug-likeness (QED) is 0.184.